The molecule has 36 heavy (non-hydrogen) atoms. The van der Waals surface area contributed by atoms with Crippen LogP contribution in [0.2, 0.25) is 0 Å². The lowest BCUT2D eigenvalue weighted by Crippen LogP contribution is -2.29. The van der Waals surface area contributed by atoms with Crippen LogP contribution in [0.25, 0.3) is 0 Å². The van der Waals surface area contributed by atoms with Gasteiger partial charge in [0.2, 0.25) is 5.95 Å². The first-order chi connectivity index (χ1) is 16.6. The molecule has 0 spiro atoms. The van der Waals surface area contributed by atoms with E-state index in [0.717, 1.165) is 24.3 Å². The second kappa shape index (κ2) is 14.7. The Kier molecular flexibility index (Phi) is 12.0. The zero-order valence-corrected chi connectivity index (χ0v) is 22.2. The number of likely N-dealkylation sites (tertiary alicyclic amines) is 1. The van der Waals surface area contributed by atoms with E-state index in [0.29, 0.717) is 31.1 Å². The highest BCUT2D eigenvalue weighted by Gasteiger charge is 2.10. The van der Waals surface area contributed by atoms with Gasteiger partial charge in [-0.3, -0.25) is 19.5 Å². The molecule has 0 bridgehead atoms. The molecular formula is C26H35Cl2N5O3. The first kappa shape index (κ1) is 29.4. The molecule has 4 rings (SSSR count). The summed E-state index contributed by atoms with van der Waals surface area (Å²) in [7, 11) is 1.69. The third-order valence-corrected chi connectivity index (χ3v) is 6.07. The average Bonchev–Trinajstić information content (AvgIpc) is 2.84. The summed E-state index contributed by atoms with van der Waals surface area (Å²) in [4.78, 5) is 33.7. The average molecular weight is 537 g/mol. The number of anilines is 1. The molecule has 196 valence electrons. The molecule has 8 nitrogen and oxygen atoms in total. The van der Waals surface area contributed by atoms with Gasteiger partial charge in [0, 0.05) is 50.6 Å². The number of benzene rings is 1. The van der Waals surface area contributed by atoms with Crippen molar-refractivity contribution < 1.29 is 4.74 Å². The van der Waals surface area contributed by atoms with Crippen molar-refractivity contribution >= 4 is 30.8 Å². The van der Waals surface area contributed by atoms with Gasteiger partial charge in [0.25, 0.3) is 11.1 Å². The number of hydrogen-bond acceptors (Lipinski definition) is 6. The first-order valence-electron chi connectivity index (χ1n) is 12.0. The Balaban J connectivity index is 0.00000228. The fraction of sp³-hybridized carbons (Fsp3) is 0.423. The zero-order valence-electron chi connectivity index (χ0n) is 20.6. The molecule has 2 aromatic heterocycles. The number of ether oxygens (including phenoxy) is 1. The predicted molar refractivity (Wildman–Crippen MR) is 148 cm³/mol. The van der Waals surface area contributed by atoms with Gasteiger partial charge in [-0.05, 0) is 61.7 Å². The normalized spacial score (nSPS) is 13.4. The third kappa shape index (κ3) is 8.69. The van der Waals surface area contributed by atoms with Gasteiger partial charge in [-0.15, -0.1) is 24.8 Å². The number of pyridine rings is 1. The molecule has 0 unspecified atom stereocenters. The highest BCUT2D eigenvalue weighted by Crippen LogP contribution is 2.17. The number of aromatic amines is 1. The molecule has 0 aliphatic carbocycles. The quantitative estimate of drug-likeness (QED) is 0.384. The van der Waals surface area contributed by atoms with Gasteiger partial charge in [-0.1, -0.05) is 18.6 Å². The summed E-state index contributed by atoms with van der Waals surface area (Å²) in [6.45, 7) is 4.55. The molecule has 0 atom stereocenters. The van der Waals surface area contributed by atoms with Crippen molar-refractivity contribution in [3.63, 3.8) is 0 Å². The van der Waals surface area contributed by atoms with Gasteiger partial charge in [-0.25, -0.2) is 4.98 Å². The molecule has 2 N–H and O–H groups in total. The molecular weight excluding hydrogens is 501 g/mol. The molecule has 3 aromatic rings. The molecule has 0 radical (unpaired) electrons. The van der Waals surface area contributed by atoms with E-state index in [1.807, 2.05) is 12.1 Å². The second-order valence-corrected chi connectivity index (χ2v) is 8.86. The van der Waals surface area contributed by atoms with Gasteiger partial charge in [-0.2, -0.15) is 0 Å². The van der Waals surface area contributed by atoms with Crippen molar-refractivity contribution in [2.45, 2.75) is 38.6 Å². The van der Waals surface area contributed by atoms with E-state index in [2.05, 4.69) is 38.4 Å². The number of piperidine rings is 1. The van der Waals surface area contributed by atoms with E-state index in [-0.39, 0.29) is 35.9 Å². The van der Waals surface area contributed by atoms with Crippen molar-refractivity contribution in [1.82, 2.24) is 19.4 Å². The predicted octanol–water partition coefficient (Wildman–Crippen LogP) is 3.77. The van der Waals surface area contributed by atoms with Crippen LogP contribution in [-0.4, -0.2) is 45.7 Å². The van der Waals surface area contributed by atoms with Gasteiger partial charge in [0.15, 0.2) is 0 Å². The maximum Gasteiger partial charge on any atom is 0.255 e. The Morgan fingerprint density at radius 1 is 1.06 bits per heavy atom. The standard InChI is InChI=1S/C26H33N5O3.2ClH/c1-30-13-9-20(17-24(30)32)15-22-18-28-26(29-25(22)33)27-10-6-14-34-23-8-5-7-21(16-23)19-31-11-3-2-4-12-31;;/h5,7-9,13,16-18H,2-4,6,10-12,14-15,19H2,1H3,(H2,27,28,29,33);2*1H. The Morgan fingerprint density at radius 3 is 2.61 bits per heavy atom. The van der Waals surface area contributed by atoms with Crippen molar-refractivity contribution in [3.05, 3.63) is 86.2 Å². The van der Waals surface area contributed by atoms with Crippen LogP contribution in [0.15, 0.2) is 58.4 Å². The molecule has 1 aromatic carbocycles. The summed E-state index contributed by atoms with van der Waals surface area (Å²) in [6.07, 6.45) is 8.32. The third-order valence-electron chi connectivity index (χ3n) is 6.07. The van der Waals surface area contributed by atoms with Crippen LogP contribution in [-0.2, 0) is 20.0 Å². The van der Waals surface area contributed by atoms with Crippen molar-refractivity contribution in [2.24, 2.45) is 7.05 Å². The molecule has 1 aliphatic heterocycles. The van der Waals surface area contributed by atoms with Crippen LogP contribution in [0.1, 0.15) is 42.4 Å². The van der Waals surface area contributed by atoms with Crippen LogP contribution in [0.3, 0.4) is 0 Å². The Labute approximate surface area is 223 Å². The van der Waals surface area contributed by atoms with Crippen molar-refractivity contribution in [1.29, 1.82) is 0 Å². The van der Waals surface area contributed by atoms with Crippen LogP contribution >= 0.6 is 24.8 Å². The van der Waals surface area contributed by atoms with E-state index in [9.17, 15) is 9.59 Å². The van der Waals surface area contributed by atoms with Gasteiger partial charge in [0.05, 0.1) is 6.61 Å². The Hall–Kier alpha value is -2.81. The zero-order chi connectivity index (χ0) is 23.8. The minimum absolute atomic E-state index is 0. The molecule has 0 saturated carbocycles. The number of nitrogens with zero attached hydrogens (tertiary/aromatic N) is 3. The summed E-state index contributed by atoms with van der Waals surface area (Å²) in [5.74, 6) is 1.32. The topological polar surface area (TPSA) is 92.2 Å². The maximum atomic E-state index is 12.4. The van der Waals surface area contributed by atoms with E-state index in [1.54, 1.807) is 19.4 Å². The number of aryl methyl sites for hydroxylation is 1. The van der Waals surface area contributed by atoms with E-state index in [1.165, 1.54) is 48.5 Å². The van der Waals surface area contributed by atoms with E-state index >= 15 is 0 Å². The fourth-order valence-corrected chi connectivity index (χ4v) is 4.13. The largest absolute Gasteiger partial charge is 0.494 e. The van der Waals surface area contributed by atoms with Gasteiger partial charge < -0.3 is 14.6 Å². The number of nitrogens with one attached hydrogen (secondary N) is 2. The van der Waals surface area contributed by atoms with Crippen molar-refractivity contribution in [3.8, 4) is 5.75 Å². The lowest BCUT2D eigenvalue weighted by atomic mass is 10.1. The molecule has 3 heterocycles. The monoisotopic (exact) mass is 535 g/mol. The van der Waals surface area contributed by atoms with Crippen LogP contribution in [0.5, 0.6) is 5.75 Å². The second-order valence-electron chi connectivity index (χ2n) is 8.86. The number of aromatic nitrogens is 3. The molecule has 1 saturated heterocycles. The number of H-pyrrole nitrogens is 1. The number of hydrogen-bond donors (Lipinski definition) is 2. The Bertz CT molecular complexity index is 1210. The highest BCUT2D eigenvalue weighted by molar-refractivity contribution is 5.85. The molecule has 1 fully saturated rings. The van der Waals surface area contributed by atoms with Gasteiger partial charge in [0.1, 0.15) is 5.75 Å². The van der Waals surface area contributed by atoms with Gasteiger partial charge >= 0.3 is 0 Å². The lowest BCUT2D eigenvalue weighted by molar-refractivity contribution is 0.220. The van der Waals surface area contributed by atoms with E-state index in [4.69, 9.17) is 4.74 Å². The summed E-state index contributed by atoms with van der Waals surface area (Å²) in [5, 5.41) is 3.14. The fourth-order valence-electron chi connectivity index (χ4n) is 4.13. The SMILES string of the molecule is Cl.Cl.Cn1ccc(Cc2cnc(NCCCOc3cccc(CN4CCCCC4)c3)[nH]c2=O)cc1=O. The smallest absolute Gasteiger partial charge is 0.255 e. The summed E-state index contributed by atoms with van der Waals surface area (Å²) in [6, 6.07) is 11.7. The summed E-state index contributed by atoms with van der Waals surface area (Å²) < 4.78 is 7.42. The minimum Gasteiger partial charge on any atom is -0.494 e. The molecule has 0 amide bonds. The van der Waals surface area contributed by atoms with Crippen LogP contribution in [0, 0.1) is 0 Å². The maximum absolute atomic E-state index is 12.4. The Morgan fingerprint density at radius 2 is 1.86 bits per heavy atom. The van der Waals surface area contributed by atoms with E-state index < -0.39 is 0 Å². The first-order valence-corrected chi connectivity index (χ1v) is 12.0. The lowest BCUT2D eigenvalue weighted by Gasteiger charge is -2.26. The summed E-state index contributed by atoms with van der Waals surface area (Å²) >= 11 is 0. The molecule has 1 aliphatic rings. The number of halogens is 2. The summed E-state index contributed by atoms with van der Waals surface area (Å²) in [5.41, 5.74) is 2.28. The van der Waals surface area contributed by atoms with Crippen molar-refractivity contribution in [2.75, 3.05) is 31.6 Å². The number of rotatable bonds is 10. The van der Waals surface area contributed by atoms with Crippen LogP contribution in [0.4, 0.5) is 5.95 Å². The highest BCUT2D eigenvalue weighted by atomic mass is 35.5. The molecule has 10 heteroatoms. The van der Waals surface area contributed by atoms with Crippen LogP contribution < -0.4 is 21.2 Å². The minimum atomic E-state index is -0.208.